The largest absolute Gasteiger partial charge is 0.465 e. The molecule has 0 radical (unpaired) electrons. The maximum atomic E-state index is 12.6. The quantitative estimate of drug-likeness (QED) is 0.689. The molecule has 4 rings (SSSR count). The molecule has 0 spiro atoms. The molecule has 0 saturated heterocycles. The van der Waals surface area contributed by atoms with Crippen LogP contribution in [-0.2, 0) is 19.1 Å². The van der Waals surface area contributed by atoms with Gasteiger partial charge in [0.05, 0.1) is 6.61 Å². The molecule has 0 bridgehead atoms. The van der Waals surface area contributed by atoms with Gasteiger partial charge in [-0.15, -0.1) is 0 Å². The predicted octanol–water partition coefficient (Wildman–Crippen LogP) is 4.35. The summed E-state index contributed by atoms with van der Waals surface area (Å²) in [7, 11) is 0. The number of hydrogen-bond donors (Lipinski definition) is 0. The van der Waals surface area contributed by atoms with Crippen molar-refractivity contribution in [3.63, 3.8) is 0 Å². The Balaban J connectivity index is 1.69. The van der Waals surface area contributed by atoms with E-state index in [1.807, 2.05) is 6.92 Å². The Kier molecular flexibility index (Phi) is 4.75. The summed E-state index contributed by atoms with van der Waals surface area (Å²) in [5, 5.41) is 0. The Labute approximate surface area is 162 Å². The van der Waals surface area contributed by atoms with E-state index in [0.29, 0.717) is 61.1 Å². The molecule has 0 aromatic rings. The number of ketones is 2. The minimum atomic E-state index is -0.136. The zero-order chi connectivity index (χ0) is 19.4. The minimum Gasteiger partial charge on any atom is -0.465 e. The second-order valence-electron chi connectivity index (χ2n) is 10.0. The molecule has 4 fully saturated rings. The molecule has 4 aliphatic carbocycles. The van der Waals surface area contributed by atoms with Gasteiger partial charge in [0.1, 0.15) is 11.6 Å². The van der Waals surface area contributed by atoms with Crippen molar-refractivity contribution in [2.24, 2.45) is 40.4 Å². The van der Waals surface area contributed by atoms with Crippen LogP contribution in [0, 0.1) is 40.4 Å². The van der Waals surface area contributed by atoms with Gasteiger partial charge in [-0.3, -0.25) is 14.4 Å². The lowest BCUT2D eigenvalue weighted by molar-refractivity contribution is -0.182. The molecule has 0 amide bonds. The molecule has 0 heterocycles. The molecule has 0 unspecified atom stereocenters. The fourth-order valence-electron chi connectivity index (χ4n) is 7.72. The topological polar surface area (TPSA) is 60.4 Å². The average molecular weight is 375 g/mol. The molecule has 27 heavy (non-hydrogen) atoms. The van der Waals surface area contributed by atoms with E-state index >= 15 is 0 Å². The monoisotopic (exact) mass is 374 g/mol. The molecule has 4 aliphatic rings. The highest BCUT2D eigenvalue weighted by molar-refractivity contribution is 5.87. The maximum Gasteiger partial charge on any atom is 0.305 e. The van der Waals surface area contributed by atoms with Gasteiger partial charge in [-0.2, -0.15) is 0 Å². The second kappa shape index (κ2) is 6.70. The van der Waals surface area contributed by atoms with Crippen LogP contribution < -0.4 is 0 Å². The van der Waals surface area contributed by atoms with Crippen molar-refractivity contribution < 1.29 is 19.1 Å². The van der Waals surface area contributed by atoms with Crippen LogP contribution in [0.1, 0.15) is 78.6 Å². The summed E-state index contributed by atoms with van der Waals surface area (Å²) in [5.74, 6) is 2.80. The SMILES string of the molecule is CCC(=O)OC[C@]12[C@@H](CC[C@@H]3[C@@H]1CC[C@]1(C)C(=O)CC[C@@H]31)CC(=O)C[C@@H]2C. The Bertz CT molecular complexity index is 655. The number of ether oxygens (including phenoxy) is 1. The van der Waals surface area contributed by atoms with Gasteiger partial charge in [0.25, 0.3) is 0 Å². The van der Waals surface area contributed by atoms with Crippen LogP contribution in [0.15, 0.2) is 0 Å². The summed E-state index contributed by atoms with van der Waals surface area (Å²) in [6.07, 6.45) is 7.61. The van der Waals surface area contributed by atoms with E-state index in [1.165, 1.54) is 0 Å². The average Bonchev–Trinajstić information content (AvgIpc) is 2.95. The molecular weight excluding hydrogens is 340 g/mol. The van der Waals surface area contributed by atoms with Crippen molar-refractivity contribution in [1.82, 2.24) is 0 Å². The van der Waals surface area contributed by atoms with E-state index < -0.39 is 0 Å². The Morgan fingerprint density at radius 2 is 1.89 bits per heavy atom. The highest BCUT2D eigenvalue weighted by Crippen LogP contribution is 2.66. The predicted molar refractivity (Wildman–Crippen MR) is 102 cm³/mol. The fourth-order valence-corrected chi connectivity index (χ4v) is 7.72. The number of hydrogen-bond acceptors (Lipinski definition) is 4. The van der Waals surface area contributed by atoms with Crippen LogP contribution in [-0.4, -0.2) is 24.1 Å². The van der Waals surface area contributed by atoms with Crippen molar-refractivity contribution in [1.29, 1.82) is 0 Å². The van der Waals surface area contributed by atoms with Gasteiger partial charge in [-0.25, -0.2) is 0 Å². The van der Waals surface area contributed by atoms with E-state index in [0.717, 1.165) is 38.5 Å². The van der Waals surface area contributed by atoms with Crippen LogP contribution >= 0.6 is 0 Å². The van der Waals surface area contributed by atoms with E-state index in [1.54, 1.807) is 0 Å². The first-order chi connectivity index (χ1) is 12.8. The minimum absolute atomic E-state index is 0.0748. The lowest BCUT2D eigenvalue weighted by Crippen LogP contribution is -2.59. The smallest absolute Gasteiger partial charge is 0.305 e. The summed E-state index contributed by atoms with van der Waals surface area (Å²) in [5.41, 5.74) is -0.211. The first-order valence-electron chi connectivity index (χ1n) is 11.0. The number of rotatable bonds is 3. The molecule has 0 N–H and O–H groups in total. The summed E-state index contributed by atoms with van der Waals surface area (Å²) in [4.78, 5) is 37.0. The fraction of sp³-hybridized carbons (Fsp3) is 0.870. The van der Waals surface area contributed by atoms with Crippen molar-refractivity contribution in [3.8, 4) is 0 Å². The third kappa shape index (κ3) is 2.73. The third-order valence-electron chi connectivity index (χ3n) is 9.14. The van der Waals surface area contributed by atoms with Crippen LogP contribution in [0.25, 0.3) is 0 Å². The van der Waals surface area contributed by atoms with Gasteiger partial charge < -0.3 is 4.74 Å². The molecular formula is C23H34O4. The number of carbonyl (C=O) groups excluding carboxylic acids is 3. The number of esters is 1. The van der Waals surface area contributed by atoms with E-state index in [4.69, 9.17) is 4.74 Å². The van der Waals surface area contributed by atoms with E-state index in [2.05, 4.69) is 13.8 Å². The number of carbonyl (C=O) groups is 3. The van der Waals surface area contributed by atoms with Gasteiger partial charge in [0.15, 0.2) is 0 Å². The van der Waals surface area contributed by atoms with Crippen molar-refractivity contribution >= 4 is 17.5 Å². The van der Waals surface area contributed by atoms with Crippen LogP contribution in [0.2, 0.25) is 0 Å². The molecule has 0 aromatic heterocycles. The summed E-state index contributed by atoms with van der Waals surface area (Å²) >= 11 is 0. The lowest BCUT2D eigenvalue weighted by atomic mass is 9.42. The third-order valence-corrected chi connectivity index (χ3v) is 9.14. The zero-order valence-corrected chi connectivity index (χ0v) is 17.1. The van der Waals surface area contributed by atoms with Gasteiger partial charge in [0.2, 0.25) is 0 Å². The van der Waals surface area contributed by atoms with Crippen molar-refractivity contribution in [2.45, 2.75) is 78.6 Å². The van der Waals surface area contributed by atoms with Crippen LogP contribution in [0.5, 0.6) is 0 Å². The maximum absolute atomic E-state index is 12.6. The first-order valence-corrected chi connectivity index (χ1v) is 11.0. The van der Waals surface area contributed by atoms with Crippen molar-refractivity contribution in [3.05, 3.63) is 0 Å². The highest BCUT2D eigenvalue weighted by atomic mass is 16.5. The molecule has 4 saturated carbocycles. The van der Waals surface area contributed by atoms with Crippen LogP contribution in [0.4, 0.5) is 0 Å². The Morgan fingerprint density at radius 3 is 2.63 bits per heavy atom. The van der Waals surface area contributed by atoms with E-state index in [-0.39, 0.29) is 22.7 Å². The molecule has 7 atom stereocenters. The summed E-state index contributed by atoms with van der Waals surface area (Å²) < 4.78 is 5.79. The van der Waals surface area contributed by atoms with E-state index in [9.17, 15) is 14.4 Å². The normalized spacial score (nSPS) is 46.4. The van der Waals surface area contributed by atoms with Gasteiger partial charge >= 0.3 is 5.97 Å². The first kappa shape index (κ1) is 19.1. The Morgan fingerprint density at radius 1 is 1.11 bits per heavy atom. The summed E-state index contributed by atoms with van der Waals surface area (Å²) in [6, 6.07) is 0. The van der Waals surface area contributed by atoms with Crippen molar-refractivity contribution in [2.75, 3.05) is 6.61 Å². The zero-order valence-electron chi connectivity index (χ0n) is 17.1. The lowest BCUT2D eigenvalue weighted by Gasteiger charge is -2.62. The molecule has 0 aliphatic heterocycles. The Hall–Kier alpha value is -1.19. The molecule has 150 valence electrons. The molecule has 0 aromatic carbocycles. The number of fused-ring (bicyclic) bond motifs is 5. The molecule has 4 nitrogen and oxygen atoms in total. The van der Waals surface area contributed by atoms with Gasteiger partial charge in [0, 0.05) is 36.5 Å². The summed E-state index contributed by atoms with van der Waals surface area (Å²) in [6.45, 7) is 6.72. The number of Topliss-reactive ketones (excluding diaryl/α,β-unsaturated/α-hetero) is 2. The van der Waals surface area contributed by atoms with Gasteiger partial charge in [-0.05, 0) is 61.7 Å². The second-order valence-corrected chi connectivity index (χ2v) is 10.0. The highest BCUT2D eigenvalue weighted by Gasteiger charge is 2.63. The standard InChI is InChI=1S/C23H34O4/c1-4-21(26)27-13-23-14(2)11-16(24)12-15(23)5-6-17-18-7-8-20(25)22(18,3)10-9-19(17)23/h14-15,17-19H,4-13H2,1-3H3/t14-,15-,17-,18-,19-,22-,23-/m0/s1. The van der Waals surface area contributed by atoms with Gasteiger partial charge in [-0.1, -0.05) is 20.8 Å². The molecule has 4 heteroatoms. The van der Waals surface area contributed by atoms with Crippen LogP contribution in [0.3, 0.4) is 0 Å².